The maximum atomic E-state index is 6.49. The monoisotopic (exact) mass is 296 g/mol. The van der Waals surface area contributed by atoms with Gasteiger partial charge in [-0.25, -0.2) is 0 Å². The normalized spacial score (nSPS) is 12.2. The molecule has 0 saturated heterocycles. The smallest absolute Gasteiger partial charge is 0.160 e. The second-order valence-electron chi connectivity index (χ2n) is 4.37. The first kappa shape index (κ1) is 14.2. The van der Waals surface area contributed by atoms with Gasteiger partial charge in [0.05, 0.1) is 19.6 Å². The molecule has 0 N–H and O–H groups in total. The van der Waals surface area contributed by atoms with Gasteiger partial charge in [0, 0.05) is 0 Å². The van der Waals surface area contributed by atoms with Crippen molar-refractivity contribution < 1.29 is 9.47 Å². The van der Waals surface area contributed by atoms with Crippen LogP contribution in [-0.4, -0.2) is 14.2 Å². The predicted octanol–water partition coefficient (Wildman–Crippen LogP) is 4.60. The minimum absolute atomic E-state index is 0.00986. The number of hydrogen-bond donors (Lipinski definition) is 0. The molecule has 1 heterocycles. The molecule has 0 radical (unpaired) electrons. The minimum atomic E-state index is -0.00986. The third-order valence-corrected chi connectivity index (χ3v) is 4.36. The Balaban J connectivity index is 2.17. The maximum Gasteiger partial charge on any atom is 0.160 e. The Morgan fingerprint density at radius 2 is 1.89 bits per heavy atom. The molecule has 0 aliphatic rings. The Bertz CT molecular complexity index is 551. The van der Waals surface area contributed by atoms with E-state index < -0.39 is 0 Å². The molecule has 102 valence electrons. The lowest BCUT2D eigenvalue weighted by atomic mass is 10.0. The first-order valence-electron chi connectivity index (χ1n) is 6.03. The summed E-state index contributed by atoms with van der Waals surface area (Å²) in [6.45, 7) is 2.09. The van der Waals surface area contributed by atoms with Gasteiger partial charge in [0.1, 0.15) is 0 Å². The van der Waals surface area contributed by atoms with E-state index in [-0.39, 0.29) is 5.38 Å². The highest BCUT2D eigenvalue weighted by atomic mass is 35.5. The first-order chi connectivity index (χ1) is 9.15. The summed E-state index contributed by atoms with van der Waals surface area (Å²) < 4.78 is 10.5. The van der Waals surface area contributed by atoms with E-state index in [2.05, 4.69) is 17.7 Å². The number of ether oxygens (including phenoxy) is 2. The summed E-state index contributed by atoms with van der Waals surface area (Å²) in [7, 11) is 3.28. The number of halogens is 1. The third-order valence-electron chi connectivity index (χ3n) is 3.10. The fourth-order valence-electron chi connectivity index (χ4n) is 2.02. The molecule has 1 aromatic carbocycles. The van der Waals surface area contributed by atoms with Crippen molar-refractivity contribution in [2.75, 3.05) is 14.2 Å². The van der Waals surface area contributed by atoms with Crippen molar-refractivity contribution in [1.29, 1.82) is 0 Å². The lowest BCUT2D eigenvalue weighted by Gasteiger charge is -2.12. The second kappa shape index (κ2) is 6.31. The summed E-state index contributed by atoms with van der Waals surface area (Å²) in [4.78, 5) is 0. The Hall–Kier alpha value is -1.19. The molecule has 2 rings (SSSR count). The van der Waals surface area contributed by atoms with Gasteiger partial charge >= 0.3 is 0 Å². The largest absolute Gasteiger partial charge is 0.493 e. The number of hydrogen-bond acceptors (Lipinski definition) is 3. The van der Waals surface area contributed by atoms with Crippen LogP contribution in [0.1, 0.15) is 22.1 Å². The third kappa shape index (κ3) is 3.23. The van der Waals surface area contributed by atoms with Gasteiger partial charge in [-0.15, -0.1) is 11.6 Å². The van der Waals surface area contributed by atoms with Crippen LogP contribution in [0.2, 0.25) is 0 Å². The maximum absolute atomic E-state index is 6.49. The molecule has 0 fully saturated rings. The number of alkyl halides is 1. The average Bonchev–Trinajstić information content (AvgIpc) is 2.85. The number of thiophene rings is 1. The molecule has 1 atom stereocenters. The zero-order chi connectivity index (χ0) is 13.8. The summed E-state index contributed by atoms with van der Waals surface area (Å²) in [5.41, 5.74) is 3.61. The van der Waals surface area contributed by atoms with Gasteiger partial charge in [0.15, 0.2) is 11.5 Å². The van der Waals surface area contributed by atoms with Crippen LogP contribution in [0.5, 0.6) is 11.5 Å². The van der Waals surface area contributed by atoms with Crippen molar-refractivity contribution in [3.8, 4) is 11.5 Å². The van der Waals surface area contributed by atoms with Crippen LogP contribution >= 0.6 is 22.9 Å². The lowest BCUT2D eigenvalue weighted by Crippen LogP contribution is -1.98. The van der Waals surface area contributed by atoms with Crippen molar-refractivity contribution >= 4 is 22.9 Å². The van der Waals surface area contributed by atoms with Crippen LogP contribution in [0.25, 0.3) is 0 Å². The number of aryl methyl sites for hydroxylation is 1. The number of benzene rings is 1. The van der Waals surface area contributed by atoms with E-state index >= 15 is 0 Å². The van der Waals surface area contributed by atoms with E-state index in [0.29, 0.717) is 0 Å². The highest BCUT2D eigenvalue weighted by Gasteiger charge is 2.14. The Morgan fingerprint density at radius 1 is 1.16 bits per heavy atom. The van der Waals surface area contributed by atoms with Crippen molar-refractivity contribution in [1.82, 2.24) is 0 Å². The average molecular weight is 297 g/mol. The van der Waals surface area contributed by atoms with E-state index in [0.717, 1.165) is 23.5 Å². The molecule has 1 unspecified atom stereocenters. The molecule has 2 nitrogen and oxygen atoms in total. The van der Waals surface area contributed by atoms with Crippen LogP contribution in [0.15, 0.2) is 29.0 Å². The van der Waals surface area contributed by atoms with Crippen LogP contribution in [0.4, 0.5) is 0 Å². The summed E-state index contributed by atoms with van der Waals surface area (Å²) in [5.74, 6) is 1.48. The quantitative estimate of drug-likeness (QED) is 0.751. The predicted molar refractivity (Wildman–Crippen MR) is 80.9 cm³/mol. The molecular formula is C15H17ClO2S. The topological polar surface area (TPSA) is 18.5 Å². The van der Waals surface area contributed by atoms with Crippen LogP contribution in [-0.2, 0) is 6.42 Å². The van der Waals surface area contributed by atoms with Gasteiger partial charge in [0.25, 0.3) is 0 Å². The van der Waals surface area contributed by atoms with Crippen molar-refractivity contribution in [2.24, 2.45) is 0 Å². The van der Waals surface area contributed by atoms with Gasteiger partial charge in [-0.1, -0.05) is 6.07 Å². The zero-order valence-electron chi connectivity index (χ0n) is 11.3. The second-order valence-corrected chi connectivity index (χ2v) is 5.64. The molecule has 1 aromatic heterocycles. The zero-order valence-corrected chi connectivity index (χ0v) is 12.8. The van der Waals surface area contributed by atoms with Gasteiger partial charge in [-0.3, -0.25) is 0 Å². The molecule has 4 heteroatoms. The van der Waals surface area contributed by atoms with E-state index in [1.807, 2.05) is 18.2 Å². The molecule has 0 aliphatic carbocycles. The molecule has 2 aromatic rings. The summed E-state index contributed by atoms with van der Waals surface area (Å²) in [6.07, 6.45) is 0.777. The minimum Gasteiger partial charge on any atom is -0.493 e. The lowest BCUT2D eigenvalue weighted by molar-refractivity contribution is 0.354. The molecule has 0 bridgehead atoms. The molecule has 0 saturated carbocycles. The standard InChI is InChI=1S/C15H17ClO2S/c1-10-8-19-9-12(10)13(16)6-11-4-5-14(17-2)15(7-11)18-3/h4-5,7-9,13H,6H2,1-3H3. The van der Waals surface area contributed by atoms with Gasteiger partial charge in [-0.2, -0.15) is 11.3 Å². The molecule has 0 spiro atoms. The van der Waals surface area contributed by atoms with Crippen LogP contribution in [0.3, 0.4) is 0 Å². The van der Waals surface area contributed by atoms with E-state index in [1.54, 1.807) is 25.6 Å². The summed E-state index contributed by atoms with van der Waals surface area (Å²) in [6, 6.07) is 5.92. The highest BCUT2D eigenvalue weighted by Crippen LogP contribution is 2.33. The van der Waals surface area contributed by atoms with Crippen molar-refractivity contribution in [3.63, 3.8) is 0 Å². The number of rotatable bonds is 5. The SMILES string of the molecule is COc1ccc(CC(Cl)c2cscc2C)cc1OC. The van der Waals surface area contributed by atoms with Gasteiger partial charge in [0.2, 0.25) is 0 Å². The van der Waals surface area contributed by atoms with Crippen LogP contribution in [0, 0.1) is 6.92 Å². The molecular weight excluding hydrogens is 280 g/mol. The van der Waals surface area contributed by atoms with Gasteiger partial charge < -0.3 is 9.47 Å². The summed E-state index contributed by atoms with van der Waals surface area (Å²) >= 11 is 8.18. The fourth-order valence-corrected chi connectivity index (χ4v) is 3.41. The Kier molecular flexibility index (Phi) is 4.72. The van der Waals surface area contributed by atoms with E-state index in [9.17, 15) is 0 Å². The fraction of sp³-hybridized carbons (Fsp3) is 0.333. The Morgan fingerprint density at radius 3 is 2.47 bits per heavy atom. The molecule has 0 aliphatic heterocycles. The van der Waals surface area contributed by atoms with Crippen molar-refractivity contribution in [2.45, 2.75) is 18.7 Å². The van der Waals surface area contributed by atoms with E-state index in [4.69, 9.17) is 21.1 Å². The van der Waals surface area contributed by atoms with E-state index in [1.165, 1.54) is 11.1 Å². The number of methoxy groups -OCH3 is 2. The van der Waals surface area contributed by atoms with Gasteiger partial charge in [-0.05, 0) is 52.9 Å². The molecule has 19 heavy (non-hydrogen) atoms. The molecule has 0 amide bonds. The first-order valence-corrected chi connectivity index (χ1v) is 7.41. The van der Waals surface area contributed by atoms with Crippen molar-refractivity contribution in [3.05, 3.63) is 45.6 Å². The Labute approximate surface area is 122 Å². The van der Waals surface area contributed by atoms with Crippen LogP contribution < -0.4 is 9.47 Å². The summed E-state index contributed by atoms with van der Waals surface area (Å²) in [5, 5.41) is 4.23. The highest BCUT2D eigenvalue weighted by molar-refractivity contribution is 7.08.